The molecule has 0 unspecified atom stereocenters. The third-order valence-corrected chi connectivity index (χ3v) is 3.11. The van der Waals surface area contributed by atoms with E-state index in [-0.39, 0.29) is 0 Å². The van der Waals surface area contributed by atoms with Gasteiger partial charge in [-0.2, -0.15) is 0 Å². The Morgan fingerprint density at radius 1 is 1.06 bits per heavy atom. The number of hydrogen-bond acceptors (Lipinski definition) is 4. The Bertz CT molecular complexity index is 210. The van der Waals surface area contributed by atoms with E-state index in [2.05, 4.69) is 28.8 Å². The normalized spacial score (nSPS) is 19.2. The van der Waals surface area contributed by atoms with E-state index < -0.39 is 0 Å². The highest BCUT2D eigenvalue weighted by atomic mass is 16.1. The standard InChI is InChI=1S/C12H25N3O/c1-12(16)4-5-14-8-10-15(11-9-14)7-6-13(2)3/h4-11H2,1-3H3. The topological polar surface area (TPSA) is 26.8 Å². The predicted octanol–water partition coefficient (Wildman–Crippen LogP) is 0.145. The molecule has 1 fully saturated rings. The van der Waals surface area contributed by atoms with Crippen LogP contribution in [-0.4, -0.2) is 80.4 Å². The first-order valence-corrected chi connectivity index (χ1v) is 6.17. The summed E-state index contributed by atoms with van der Waals surface area (Å²) in [6, 6.07) is 0. The summed E-state index contributed by atoms with van der Waals surface area (Å²) in [5.41, 5.74) is 0. The zero-order chi connectivity index (χ0) is 12.0. The van der Waals surface area contributed by atoms with Gasteiger partial charge in [0.25, 0.3) is 0 Å². The molecule has 0 radical (unpaired) electrons. The summed E-state index contributed by atoms with van der Waals surface area (Å²) in [6.07, 6.45) is 0.706. The van der Waals surface area contributed by atoms with Crippen molar-refractivity contribution in [2.45, 2.75) is 13.3 Å². The van der Waals surface area contributed by atoms with Crippen molar-refractivity contribution in [3.8, 4) is 0 Å². The van der Waals surface area contributed by atoms with Crippen molar-refractivity contribution in [3.05, 3.63) is 0 Å². The molecule has 0 saturated carbocycles. The molecule has 0 N–H and O–H groups in total. The number of rotatable bonds is 6. The summed E-state index contributed by atoms with van der Waals surface area (Å²) in [4.78, 5) is 18.0. The lowest BCUT2D eigenvalue weighted by Gasteiger charge is -2.35. The number of Topliss-reactive ketones (excluding diaryl/α,β-unsaturated/α-hetero) is 1. The van der Waals surface area contributed by atoms with Crippen LogP contribution >= 0.6 is 0 Å². The maximum Gasteiger partial charge on any atom is 0.131 e. The smallest absolute Gasteiger partial charge is 0.131 e. The fraction of sp³-hybridized carbons (Fsp3) is 0.917. The minimum Gasteiger partial charge on any atom is -0.308 e. The van der Waals surface area contributed by atoms with E-state index in [0.717, 1.165) is 45.8 Å². The first-order valence-electron chi connectivity index (χ1n) is 6.17. The fourth-order valence-electron chi connectivity index (χ4n) is 1.89. The van der Waals surface area contributed by atoms with Crippen LogP contribution in [-0.2, 0) is 4.79 Å². The number of carbonyl (C=O) groups is 1. The Morgan fingerprint density at radius 2 is 1.56 bits per heavy atom. The van der Waals surface area contributed by atoms with E-state index in [1.807, 2.05) is 0 Å². The molecule has 1 saturated heterocycles. The van der Waals surface area contributed by atoms with E-state index in [1.165, 1.54) is 0 Å². The monoisotopic (exact) mass is 227 g/mol. The molecule has 0 aromatic heterocycles. The van der Waals surface area contributed by atoms with Crippen LogP contribution in [0, 0.1) is 0 Å². The average molecular weight is 227 g/mol. The molecule has 94 valence electrons. The second kappa shape index (κ2) is 6.99. The molecule has 0 spiro atoms. The minimum absolute atomic E-state index is 0.301. The van der Waals surface area contributed by atoms with Gasteiger partial charge in [-0.3, -0.25) is 9.69 Å². The maximum absolute atomic E-state index is 10.9. The molecule has 1 heterocycles. The van der Waals surface area contributed by atoms with Crippen molar-refractivity contribution in [1.82, 2.24) is 14.7 Å². The third-order valence-electron chi connectivity index (χ3n) is 3.11. The van der Waals surface area contributed by atoms with Crippen molar-refractivity contribution in [2.75, 3.05) is 59.9 Å². The van der Waals surface area contributed by atoms with Crippen molar-refractivity contribution in [3.63, 3.8) is 0 Å². The Hall–Kier alpha value is -0.450. The quantitative estimate of drug-likeness (QED) is 0.645. The Balaban J connectivity index is 2.11. The molecule has 0 aromatic carbocycles. The van der Waals surface area contributed by atoms with Gasteiger partial charge in [-0.15, -0.1) is 0 Å². The van der Waals surface area contributed by atoms with Crippen molar-refractivity contribution in [2.24, 2.45) is 0 Å². The number of carbonyl (C=O) groups excluding carboxylic acids is 1. The number of piperazine rings is 1. The van der Waals surface area contributed by atoms with Gasteiger partial charge in [0.15, 0.2) is 0 Å². The Labute approximate surface area is 99.2 Å². The Morgan fingerprint density at radius 3 is 2.00 bits per heavy atom. The summed E-state index contributed by atoms with van der Waals surface area (Å²) in [7, 11) is 4.23. The molecule has 0 aliphatic carbocycles. The molecule has 1 rings (SSSR count). The molecule has 1 aliphatic heterocycles. The average Bonchev–Trinajstić information content (AvgIpc) is 2.25. The van der Waals surface area contributed by atoms with Crippen molar-refractivity contribution in [1.29, 1.82) is 0 Å². The molecule has 0 aromatic rings. The van der Waals surface area contributed by atoms with Gasteiger partial charge in [0.1, 0.15) is 5.78 Å². The van der Waals surface area contributed by atoms with E-state index in [9.17, 15) is 4.79 Å². The molecular formula is C12H25N3O. The van der Waals surface area contributed by atoms with Crippen LogP contribution in [0.4, 0.5) is 0 Å². The van der Waals surface area contributed by atoms with Crippen LogP contribution in [0.3, 0.4) is 0 Å². The lowest BCUT2D eigenvalue weighted by molar-refractivity contribution is -0.117. The highest BCUT2D eigenvalue weighted by Gasteiger charge is 2.16. The summed E-state index contributed by atoms with van der Waals surface area (Å²) < 4.78 is 0. The van der Waals surface area contributed by atoms with E-state index in [4.69, 9.17) is 0 Å². The van der Waals surface area contributed by atoms with Gasteiger partial charge >= 0.3 is 0 Å². The number of ketones is 1. The number of likely N-dealkylation sites (N-methyl/N-ethyl adjacent to an activating group) is 1. The van der Waals surface area contributed by atoms with Gasteiger partial charge in [0.05, 0.1) is 0 Å². The fourth-order valence-corrected chi connectivity index (χ4v) is 1.89. The summed E-state index contributed by atoms with van der Waals surface area (Å²) in [6.45, 7) is 9.42. The van der Waals surface area contributed by atoms with Crippen LogP contribution in [0.1, 0.15) is 13.3 Å². The lowest BCUT2D eigenvalue weighted by atomic mass is 10.2. The minimum atomic E-state index is 0.301. The van der Waals surface area contributed by atoms with Crippen LogP contribution in [0.15, 0.2) is 0 Å². The van der Waals surface area contributed by atoms with Crippen LogP contribution in [0.25, 0.3) is 0 Å². The highest BCUT2D eigenvalue weighted by molar-refractivity contribution is 5.75. The summed E-state index contributed by atoms with van der Waals surface area (Å²) in [5.74, 6) is 0.301. The summed E-state index contributed by atoms with van der Waals surface area (Å²) in [5, 5.41) is 0. The molecule has 0 bridgehead atoms. The first-order chi connectivity index (χ1) is 7.58. The van der Waals surface area contributed by atoms with Gasteiger partial charge in [0.2, 0.25) is 0 Å². The zero-order valence-electron chi connectivity index (χ0n) is 10.9. The SMILES string of the molecule is CC(=O)CCN1CCN(CCN(C)C)CC1. The van der Waals surface area contributed by atoms with Gasteiger partial charge in [-0.25, -0.2) is 0 Å². The second-order valence-electron chi connectivity index (χ2n) is 4.94. The van der Waals surface area contributed by atoms with Crippen LogP contribution in [0.2, 0.25) is 0 Å². The lowest BCUT2D eigenvalue weighted by Crippen LogP contribution is -2.48. The number of hydrogen-bond donors (Lipinski definition) is 0. The van der Waals surface area contributed by atoms with Crippen LogP contribution in [0.5, 0.6) is 0 Å². The molecule has 4 heteroatoms. The molecule has 0 atom stereocenters. The maximum atomic E-state index is 10.9. The number of nitrogens with zero attached hydrogens (tertiary/aromatic N) is 3. The van der Waals surface area contributed by atoms with Crippen molar-refractivity contribution < 1.29 is 4.79 Å². The van der Waals surface area contributed by atoms with E-state index in [1.54, 1.807) is 6.92 Å². The van der Waals surface area contributed by atoms with Gasteiger partial charge in [-0.1, -0.05) is 0 Å². The molecule has 4 nitrogen and oxygen atoms in total. The molecule has 16 heavy (non-hydrogen) atoms. The van der Waals surface area contributed by atoms with Gasteiger partial charge in [-0.05, 0) is 21.0 Å². The van der Waals surface area contributed by atoms with E-state index in [0.29, 0.717) is 12.2 Å². The van der Waals surface area contributed by atoms with Gasteiger partial charge in [0, 0.05) is 52.2 Å². The second-order valence-corrected chi connectivity index (χ2v) is 4.94. The van der Waals surface area contributed by atoms with Crippen LogP contribution < -0.4 is 0 Å². The molecule has 0 amide bonds. The van der Waals surface area contributed by atoms with E-state index >= 15 is 0 Å². The van der Waals surface area contributed by atoms with Gasteiger partial charge < -0.3 is 9.80 Å². The zero-order valence-corrected chi connectivity index (χ0v) is 10.9. The molecular weight excluding hydrogens is 202 g/mol. The largest absolute Gasteiger partial charge is 0.308 e. The highest BCUT2D eigenvalue weighted by Crippen LogP contribution is 2.02. The third kappa shape index (κ3) is 5.58. The molecule has 1 aliphatic rings. The summed E-state index contributed by atoms with van der Waals surface area (Å²) >= 11 is 0. The van der Waals surface area contributed by atoms with Crippen molar-refractivity contribution >= 4 is 5.78 Å². The Kier molecular flexibility index (Phi) is 5.95. The predicted molar refractivity (Wildman–Crippen MR) is 66.7 cm³/mol. The first kappa shape index (κ1) is 13.6.